The number of aliphatic hydroxyl groups excluding tert-OH is 6. The molecular weight excluding hydrogens is 1280 g/mol. The van der Waals surface area contributed by atoms with Crippen molar-refractivity contribution >= 4 is 80.2 Å². The lowest BCUT2D eigenvalue weighted by molar-refractivity contribution is -0.347. The summed E-state index contributed by atoms with van der Waals surface area (Å²) in [5, 5.41) is 88.2. The van der Waals surface area contributed by atoms with E-state index in [4.69, 9.17) is 37.9 Å². The number of amides is 1. The van der Waals surface area contributed by atoms with E-state index >= 15 is 0 Å². The summed E-state index contributed by atoms with van der Waals surface area (Å²) >= 11 is 0. The minimum absolute atomic E-state index is 0.333. The average molecular weight is 1330 g/mol. The van der Waals surface area contributed by atoms with Crippen molar-refractivity contribution in [3.63, 3.8) is 0 Å². The summed E-state index contributed by atoms with van der Waals surface area (Å²) in [5.41, 5.74) is 0. The number of nitrogens with one attached hydrogen (secondary N) is 1. The topological polar surface area (TPSA) is 681 Å². The molecule has 82 heavy (non-hydrogen) atoms. The van der Waals surface area contributed by atoms with Gasteiger partial charge >= 0.3 is 74.3 Å². The number of hydrogen-bond acceptors (Lipinski definition) is 35. The van der Waals surface area contributed by atoms with E-state index in [1.54, 1.807) is 0 Å². The number of ether oxygens (including phenoxy) is 8. The number of rotatable bonds is 28. The van der Waals surface area contributed by atoms with Crippen LogP contribution >= 0.6 is 0 Å². The molecule has 44 nitrogen and oxygen atoms in total. The zero-order valence-corrected chi connectivity index (χ0v) is 45.6. The minimum Gasteiger partial charge on any atom is -0.479 e. The van der Waals surface area contributed by atoms with E-state index in [0.717, 1.165) is 13.8 Å². The maximum Gasteiger partial charge on any atom is 0.397 e. The van der Waals surface area contributed by atoms with Gasteiger partial charge in [0.2, 0.25) is 18.0 Å². The molecule has 0 spiro atoms. The number of carbonyl (C=O) groups is 3. The Labute approximate surface area is 460 Å². The lowest BCUT2D eigenvalue weighted by Crippen LogP contribution is -2.69. The Hall–Kier alpha value is -3.35. The van der Waals surface area contributed by atoms with E-state index in [-0.39, 0.29) is 0 Å². The van der Waals surface area contributed by atoms with Crippen molar-refractivity contribution in [2.75, 3.05) is 13.2 Å². The van der Waals surface area contributed by atoms with Gasteiger partial charge in [-0.3, -0.25) is 32.1 Å². The van der Waals surface area contributed by atoms with Gasteiger partial charge in [0, 0.05) is 6.92 Å². The molecule has 0 unspecified atom stereocenters. The van der Waals surface area contributed by atoms with Gasteiger partial charge in [-0.15, -0.1) is 0 Å². The van der Waals surface area contributed by atoms with Crippen LogP contribution in [0.3, 0.4) is 0 Å². The quantitative estimate of drug-likeness (QED) is 0.0324. The number of aliphatic carboxylic acids is 2. The molecule has 0 bridgehead atoms. The molecule has 478 valence electrons. The van der Waals surface area contributed by atoms with Crippen LogP contribution in [0.1, 0.15) is 20.8 Å². The van der Waals surface area contributed by atoms with Crippen molar-refractivity contribution in [2.45, 2.75) is 156 Å². The molecule has 4 aliphatic rings. The summed E-state index contributed by atoms with van der Waals surface area (Å²) in [7, 11) is -34.5. The van der Waals surface area contributed by atoms with Gasteiger partial charge in [-0.2, -0.15) is 50.5 Å². The Morgan fingerprint density at radius 2 is 1.01 bits per heavy atom. The van der Waals surface area contributed by atoms with E-state index in [0.29, 0.717) is 13.0 Å². The molecule has 0 saturated carbocycles. The second-order valence-electron chi connectivity index (χ2n) is 17.1. The third kappa shape index (κ3) is 20.7. The summed E-state index contributed by atoms with van der Waals surface area (Å²) in [6.07, 6.45) is -56.0. The lowest BCUT2D eigenvalue weighted by Gasteiger charge is -2.48. The highest BCUT2D eigenvalue weighted by Gasteiger charge is 2.58. The highest BCUT2D eigenvalue weighted by molar-refractivity contribution is 7.82. The number of carboxylic acid groups (broad SMARTS) is 2. The van der Waals surface area contributed by atoms with Crippen LogP contribution in [0, 0.1) is 0 Å². The predicted molar refractivity (Wildman–Crippen MR) is 239 cm³/mol. The Morgan fingerprint density at radius 1 is 0.573 bits per heavy atom. The fraction of sp³-hybridized carbons (Fsp3) is 0.844. The zero-order valence-electron chi connectivity index (χ0n) is 40.7. The molecule has 1 amide bonds. The Bertz CT molecular complexity index is 2980. The number of carboxylic acids is 2. The van der Waals surface area contributed by atoms with Crippen LogP contribution in [-0.4, -0.2) is 285 Å². The molecule has 0 aromatic rings. The van der Waals surface area contributed by atoms with Gasteiger partial charge in [-0.25, -0.2) is 34.7 Å². The smallest absolute Gasteiger partial charge is 0.397 e. The molecule has 0 aromatic carbocycles. The molecule has 0 aromatic heterocycles. The maximum atomic E-state index is 13.0. The minimum atomic E-state index is -6.05. The first-order chi connectivity index (χ1) is 37.2. The molecule has 4 rings (SSSR count). The van der Waals surface area contributed by atoms with Gasteiger partial charge in [0.1, 0.15) is 91.5 Å². The van der Waals surface area contributed by atoms with Crippen molar-refractivity contribution in [3.05, 3.63) is 11.8 Å². The summed E-state index contributed by atoms with van der Waals surface area (Å²) in [6.45, 7) is -1.22. The van der Waals surface area contributed by atoms with Crippen LogP contribution in [0.4, 0.5) is 0 Å². The molecule has 4 heterocycles. The fourth-order valence-corrected chi connectivity index (χ4v) is 10.9. The van der Waals surface area contributed by atoms with Crippen LogP contribution in [-0.2, 0) is 140 Å². The summed E-state index contributed by atoms with van der Waals surface area (Å²) in [6, 6.07) is -2.64. The molecule has 4 aliphatic heterocycles. The van der Waals surface area contributed by atoms with Crippen molar-refractivity contribution in [2.24, 2.45) is 0 Å². The van der Waals surface area contributed by atoms with Crippen molar-refractivity contribution in [3.8, 4) is 0 Å². The molecule has 50 heteroatoms. The second-order valence-corrected chi connectivity index (χ2v) is 23.4. The first-order valence-electron chi connectivity index (χ1n) is 21.8. The second kappa shape index (κ2) is 27.6. The Morgan fingerprint density at radius 3 is 1.44 bits per heavy atom. The first kappa shape index (κ1) is 71.1. The van der Waals surface area contributed by atoms with Crippen LogP contribution < -0.4 is 5.32 Å². The zero-order chi connectivity index (χ0) is 62.7. The highest BCUT2D eigenvalue weighted by atomic mass is 32.3. The Balaban J connectivity index is 1.90. The normalized spacial score (nSPS) is 35.0. The molecule has 0 aliphatic carbocycles. The van der Waals surface area contributed by atoms with Crippen molar-refractivity contribution < 1.29 is 196 Å². The first-order valence-corrected chi connectivity index (χ1v) is 30.0. The molecule has 3 saturated heterocycles. The summed E-state index contributed by atoms with van der Waals surface area (Å²) in [4.78, 5) is 38.0. The van der Waals surface area contributed by atoms with E-state index in [2.05, 4.69) is 25.1 Å². The fourth-order valence-electron chi connectivity index (χ4n) is 7.93. The largest absolute Gasteiger partial charge is 0.479 e. The SMILES string of the molecule is CC(=O)N[C@H]1[C@H](O[C@@H]([C@H](O[C@@H]2O[C@@H](C)[C@@H](OS(=O)(=O)O)[C@@H](OS(=O)(=O)O)[C@@H]2O)[C@@H](O)CO)[C@H](O)C(=O)O)O[C@H](COS(=O)(=O)O)[C@H](OS(=O)(=O)O)[C@@H]1O[C@@H]1OC(C(=O)O)=C[C@H](O[C@@H]2O[C@@H](C)[C@@H](OS(=O)(=O)O)[C@@H](OS(=O)(=O)O)[C@@H]2O)[C@H]1O. The molecule has 15 N–H and O–H groups in total. The van der Waals surface area contributed by atoms with E-state index in [9.17, 15) is 133 Å². The van der Waals surface area contributed by atoms with Crippen LogP contribution in [0.2, 0.25) is 0 Å². The standard InChI is InChI=1S/C32H51NO43S6/c1-7-19(72-78(48,49)50)25(75-81(57,58)59)17(39)31(64-7)66-11-4-12(27(41)42)67-30(15(11)37)70-23-14(33-9(3)35)29(68-13(6-63-77(45,46)47)22(23)74-80(54,55)56)71-24(16(38)28(43)44)21(10(36)5-34)69-32-18(40)26(76-82(60,61)62)20(8(2)65-32)73-79(51,52)53/h4,7-8,10-11,13-26,29-32,34,36-40H,5-6H2,1-3H3,(H,33,35)(H,41,42)(H,43,44)(H,45,46,47)(H,48,49,50)(H,51,52,53)(H,54,55,56)(H,57,58,59)(H,60,61,62)/t7-,8-,10-,11-,13+,14+,15+,16-,17-,18-,19+,20+,21+,22-,23+,24+,25-,26-,29-,30-,31-,32-/m0/s1. The third-order valence-electron chi connectivity index (χ3n) is 11.1. The molecule has 0 radical (unpaired) electrons. The van der Waals surface area contributed by atoms with Crippen LogP contribution in [0.15, 0.2) is 11.8 Å². The van der Waals surface area contributed by atoms with Gasteiger partial charge in [0.25, 0.3) is 0 Å². The van der Waals surface area contributed by atoms with Gasteiger partial charge in [0.15, 0.2) is 25.0 Å². The highest BCUT2D eigenvalue weighted by Crippen LogP contribution is 2.37. The number of hydrogen-bond donors (Lipinski definition) is 15. The van der Waals surface area contributed by atoms with E-state index in [1.807, 2.05) is 5.32 Å². The molecule has 22 atom stereocenters. The number of carbonyl (C=O) groups excluding carboxylic acids is 1. The van der Waals surface area contributed by atoms with Gasteiger partial charge in [0.05, 0.1) is 25.4 Å². The third-order valence-corrected chi connectivity index (χ3v) is 13.8. The maximum absolute atomic E-state index is 13.0. The number of aliphatic hydroxyl groups is 6. The predicted octanol–water partition coefficient (Wildman–Crippen LogP) is -9.79. The van der Waals surface area contributed by atoms with Crippen LogP contribution in [0.25, 0.3) is 0 Å². The van der Waals surface area contributed by atoms with Gasteiger partial charge < -0.3 is 84.1 Å². The van der Waals surface area contributed by atoms with Crippen molar-refractivity contribution in [1.29, 1.82) is 0 Å². The molecule has 3 fully saturated rings. The summed E-state index contributed by atoms with van der Waals surface area (Å²) < 4.78 is 269. The monoisotopic (exact) mass is 1330 g/mol. The van der Waals surface area contributed by atoms with E-state index in [1.165, 1.54) is 0 Å². The summed E-state index contributed by atoms with van der Waals surface area (Å²) in [5.74, 6) is -7.38. The lowest BCUT2D eigenvalue weighted by atomic mass is 9.95. The van der Waals surface area contributed by atoms with Gasteiger partial charge in [-0.1, -0.05) is 0 Å². The van der Waals surface area contributed by atoms with Crippen molar-refractivity contribution in [1.82, 2.24) is 5.32 Å². The Kier molecular flexibility index (Phi) is 23.9. The average Bonchev–Trinajstić information content (AvgIpc) is 3.29. The van der Waals surface area contributed by atoms with Gasteiger partial charge in [-0.05, 0) is 19.9 Å². The van der Waals surface area contributed by atoms with Crippen LogP contribution in [0.5, 0.6) is 0 Å². The van der Waals surface area contributed by atoms with E-state index < -0.39 is 234 Å². The molecular formula is C32H51NO43S6.